The number of aliphatic imine (C=N–C) groups is 1. The zero-order valence-corrected chi connectivity index (χ0v) is 13.8. The monoisotopic (exact) mass is 312 g/mol. The molecular formula is C17H24N6. The molecule has 3 rings (SSSR count). The summed E-state index contributed by atoms with van der Waals surface area (Å²) >= 11 is 0. The van der Waals surface area contributed by atoms with Gasteiger partial charge < -0.3 is 15.1 Å². The van der Waals surface area contributed by atoms with Crippen LogP contribution in [0, 0.1) is 0 Å². The summed E-state index contributed by atoms with van der Waals surface area (Å²) in [5.74, 6) is 0.957. The minimum absolute atomic E-state index is 0.738. The van der Waals surface area contributed by atoms with E-state index < -0.39 is 0 Å². The highest BCUT2D eigenvalue weighted by molar-refractivity contribution is 5.80. The molecule has 0 aliphatic carbocycles. The van der Waals surface area contributed by atoms with E-state index in [4.69, 9.17) is 0 Å². The highest BCUT2D eigenvalue weighted by atomic mass is 15.4. The summed E-state index contributed by atoms with van der Waals surface area (Å²) in [6.07, 6.45) is 1.82. The van der Waals surface area contributed by atoms with Gasteiger partial charge in [0.15, 0.2) is 5.96 Å². The number of guanidine groups is 1. The fraction of sp³-hybridized carbons (Fsp3) is 0.412. The van der Waals surface area contributed by atoms with Crippen molar-refractivity contribution in [2.45, 2.75) is 6.54 Å². The van der Waals surface area contributed by atoms with Crippen LogP contribution in [0.15, 0.2) is 47.6 Å². The van der Waals surface area contributed by atoms with Crippen LogP contribution in [0.25, 0.3) is 0 Å². The maximum atomic E-state index is 4.42. The topological polar surface area (TPSA) is 48.7 Å². The lowest BCUT2D eigenvalue weighted by molar-refractivity contribution is 0.372. The van der Waals surface area contributed by atoms with Crippen LogP contribution in [0.2, 0.25) is 0 Å². The van der Waals surface area contributed by atoms with E-state index in [1.165, 1.54) is 5.69 Å². The van der Waals surface area contributed by atoms with Gasteiger partial charge in [-0.3, -0.25) is 9.67 Å². The van der Waals surface area contributed by atoms with Crippen molar-refractivity contribution in [3.63, 3.8) is 0 Å². The Bertz CT molecular complexity index is 640. The number of aryl methyl sites for hydroxylation is 1. The van der Waals surface area contributed by atoms with E-state index in [0.29, 0.717) is 0 Å². The average Bonchev–Trinajstić information content (AvgIpc) is 3.02. The molecule has 0 unspecified atom stereocenters. The van der Waals surface area contributed by atoms with Crippen LogP contribution < -0.4 is 10.2 Å². The molecule has 6 nitrogen and oxygen atoms in total. The number of rotatable bonds is 3. The van der Waals surface area contributed by atoms with Crippen molar-refractivity contribution in [2.24, 2.45) is 12.0 Å². The molecule has 0 amide bonds. The van der Waals surface area contributed by atoms with Gasteiger partial charge in [-0.25, -0.2) is 0 Å². The molecule has 0 spiro atoms. The maximum absolute atomic E-state index is 4.42. The first kappa shape index (κ1) is 15.4. The minimum atomic E-state index is 0.738. The molecule has 2 aromatic rings. The summed E-state index contributed by atoms with van der Waals surface area (Å²) in [5, 5.41) is 7.63. The van der Waals surface area contributed by atoms with Crippen molar-refractivity contribution >= 4 is 11.6 Å². The molecule has 0 bridgehead atoms. The summed E-state index contributed by atoms with van der Waals surface area (Å²) in [4.78, 5) is 9.16. The first-order chi connectivity index (χ1) is 11.3. The van der Waals surface area contributed by atoms with Crippen molar-refractivity contribution in [2.75, 3.05) is 38.1 Å². The van der Waals surface area contributed by atoms with Gasteiger partial charge in [0.05, 0.1) is 12.2 Å². The van der Waals surface area contributed by atoms with Crippen molar-refractivity contribution in [3.8, 4) is 0 Å². The third kappa shape index (κ3) is 3.64. The van der Waals surface area contributed by atoms with Gasteiger partial charge in [0.25, 0.3) is 0 Å². The molecule has 2 heterocycles. The van der Waals surface area contributed by atoms with Gasteiger partial charge in [0.2, 0.25) is 0 Å². The van der Waals surface area contributed by atoms with E-state index in [0.717, 1.165) is 44.4 Å². The molecule has 6 heteroatoms. The zero-order valence-electron chi connectivity index (χ0n) is 13.8. The number of hydrogen-bond acceptors (Lipinski definition) is 3. The van der Waals surface area contributed by atoms with Crippen LogP contribution in [0.1, 0.15) is 5.69 Å². The lowest BCUT2D eigenvalue weighted by atomic mass is 10.2. The fourth-order valence-corrected chi connectivity index (χ4v) is 2.89. The normalized spacial score (nSPS) is 15.8. The van der Waals surface area contributed by atoms with Crippen molar-refractivity contribution in [3.05, 3.63) is 48.3 Å². The summed E-state index contributed by atoms with van der Waals surface area (Å²) < 4.78 is 1.88. The van der Waals surface area contributed by atoms with Crippen molar-refractivity contribution < 1.29 is 0 Å². The average molecular weight is 312 g/mol. The number of anilines is 1. The molecule has 0 saturated carbocycles. The number of hydrogen-bond donors (Lipinski definition) is 1. The quantitative estimate of drug-likeness (QED) is 0.686. The Morgan fingerprint density at radius 2 is 1.87 bits per heavy atom. The second kappa shape index (κ2) is 7.17. The number of benzene rings is 1. The third-order valence-electron chi connectivity index (χ3n) is 4.26. The Labute approximate surface area is 137 Å². The lowest BCUT2D eigenvalue weighted by Gasteiger charge is -2.37. The molecule has 1 aromatic heterocycles. The molecule has 0 atom stereocenters. The summed E-state index contributed by atoms with van der Waals surface area (Å²) in [7, 11) is 3.80. The Balaban J connectivity index is 1.54. The van der Waals surface area contributed by atoms with Gasteiger partial charge in [-0.1, -0.05) is 18.2 Å². The second-order valence-electron chi connectivity index (χ2n) is 5.66. The number of nitrogens with zero attached hydrogens (tertiary/aromatic N) is 5. The molecule has 1 aliphatic heterocycles. The van der Waals surface area contributed by atoms with Crippen LogP contribution in [0.3, 0.4) is 0 Å². The Morgan fingerprint density at radius 1 is 1.13 bits per heavy atom. The SMILES string of the molecule is CN=C(NCc1ccnn1C)N1CCN(c2ccccc2)CC1. The molecule has 1 fully saturated rings. The number of aromatic nitrogens is 2. The Kier molecular flexibility index (Phi) is 4.80. The van der Waals surface area contributed by atoms with Crippen LogP contribution in [-0.4, -0.2) is 53.9 Å². The fourth-order valence-electron chi connectivity index (χ4n) is 2.89. The van der Waals surface area contributed by atoms with Gasteiger partial charge in [0, 0.05) is 52.2 Å². The van der Waals surface area contributed by atoms with E-state index in [1.807, 2.05) is 31.0 Å². The summed E-state index contributed by atoms with van der Waals surface area (Å²) in [6.45, 7) is 4.70. The molecule has 1 aliphatic rings. The lowest BCUT2D eigenvalue weighted by Crippen LogP contribution is -2.52. The molecule has 23 heavy (non-hydrogen) atoms. The molecule has 1 N–H and O–H groups in total. The van der Waals surface area contributed by atoms with Crippen LogP contribution >= 0.6 is 0 Å². The van der Waals surface area contributed by atoms with E-state index in [1.54, 1.807) is 0 Å². The molecule has 1 aromatic carbocycles. The molecule has 0 radical (unpaired) electrons. The number of piperazine rings is 1. The van der Waals surface area contributed by atoms with Gasteiger partial charge in [-0.05, 0) is 18.2 Å². The Morgan fingerprint density at radius 3 is 2.48 bits per heavy atom. The van der Waals surface area contributed by atoms with E-state index in [-0.39, 0.29) is 0 Å². The third-order valence-corrected chi connectivity index (χ3v) is 4.26. The largest absolute Gasteiger partial charge is 0.368 e. The minimum Gasteiger partial charge on any atom is -0.368 e. The van der Waals surface area contributed by atoms with E-state index in [9.17, 15) is 0 Å². The van der Waals surface area contributed by atoms with Gasteiger partial charge in [0.1, 0.15) is 0 Å². The van der Waals surface area contributed by atoms with Gasteiger partial charge in [-0.15, -0.1) is 0 Å². The number of nitrogens with one attached hydrogen (secondary N) is 1. The number of para-hydroxylation sites is 1. The summed E-state index contributed by atoms with van der Waals surface area (Å²) in [6, 6.07) is 12.6. The predicted molar refractivity (Wildman–Crippen MR) is 93.6 cm³/mol. The van der Waals surface area contributed by atoms with E-state index in [2.05, 4.69) is 55.5 Å². The first-order valence-corrected chi connectivity index (χ1v) is 8.00. The van der Waals surface area contributed by atoms with Crippen LogP contribution in [0.5, 0.6) is 0 Å². The smallest absolute Gasteiger partial charge is 0.194 e. The zero-order chi connectivity index (χ0) is 16.1. The van der Waals surface area contributed by atoms with Gasteiger partial charge >= 0.3 is 0 Å². The summed E-state index contributed by atoms with van der Waals surface area (Å²) in [5.41, 5.74) is 2.44. The first-order valence-electron chi connectivity index (χ1n) is 8.00. The van der Waals surface area contributed by atoms with Gasteiger partial charge in [-0.2, -0.15) is 5.10 Å². The second-order valence-corrected chi connectivity index (χ2v) is 5.66. The van der Waals surface area contributed by atoms with Crippen molar-refractivity contribution in [1.29, 1.82) is 0 Å². The Hall–Kier alpha value is -2.50. The highest BCUT2D eigenvalue weighted by Gasteiger charge is 2.19. The standard InChI is InChI=1S/C17H24N6/c1-18-17(19-14-16-8-9-20-21(16)2)23-12-10-22(11-13-23)15-6-4-3-5-7-15/h3-9H,10-14H2,1-2H3,(H,18,19). The molecule has 122 valence electrons. The van der Waals surface area contributed by atoms with Crippen molar-refractivity contribution in [1.82, 2.24) is 20.0 Å². The van der Waals surface area contributed by atoms with Crippen LogP contribution in [-0.2, 0) is 13.6 Å². The maximum Gasteiger partial charge on any atom is 0.194 e. The molecule has 1 saturated heterocycles. The van der Waals surface area contributed by atoms with Crippen LogP contribution in [0.4, 0.5) is 5.69 Å². The highest BCUT2D eigenvalue weighted by Crippen LogP contribution is 2.15. The predicted octanol–water partition coefficient (Wildman–Crippen LogP) is 1.32. The van der Waals surface area contributed by atoms with E-state index >= 15 is 0 Å². The molecular weight excluding hydrogens is 288 g/mol.